The summed E-state index contributed by atoms with van der Waals surface area (Å²) in [5.41, 5.74) is 0. The molecule has 67 heavy (non-hydrogen) atoms. The fraction of sp³-hybridized carbons (Fsp3) is 0.934. The molecule has 6 nitrogen and oxygen atoms in total. The van der Waals surface area contributed by atoms with Crippen LogP contribution < -0.4 is 5.32 Å². The Balaban J connectivity index is 3.37. The molecule has 0 saturated heterocycles. The lowest BCUT2D eigenvalue weighted by Crippen LogP contribution is -2.45. The fourth-order valence-electron chi connectivity index (χ4n) is 9.64. The molecule has 0 fully saturated rings. The molecule has 0 aliphatic rings. The first kappa shape index (κ1) is 65.6. The minimum absolute atomic E-state index is 0.0144. The smallest absolute Gasteiger partial charge is 0.305 e. The topological polar surface area (TPSA) is 95.9 Å². The highest BCUT2D eigenvalue weighted by Gasteiger charge is 2.20. The number of nitrogens with one attached hydrogen (secondary N) is 1. The van der Waals surface area contributed by atoms with Crippen molar-refractivity contribution >= 4 is 11.9 Å². The number of carbonyl (C=O) groups excluding carboxylic acids is 2. The molecule has 2 atom stereocenters. The third kappa shape index (κ3) is 53.8. The number of hydrogen-bond donors (Lipinski definition) is 3. The number of aliphatic hydroxyl groups excluding tert-OH is 2. The number of allylic oxidation sites excluding steroid dienone is 2. The van der Waals surface area contributed by atoms with E-state index in [0.717, 1.165) is 38.5 Å². The van der Waals surface area contributed by atoms with Crippen molar-refractivity contribution in [3.63, 3.8) is 0 Å². The van der Waals surface area contributed by atoms with Gasteiger partial charge >= 0.3 is 5.97 Å². The normalized spacial score (nSPS) is 12.6. The Morgan fingerprint density at radius 3 is 1.06 bits per heavy atom. The molecule has 0 aliphatic carbocycles. The summed E-state index contributed by atoms with van der Waals surface area (Å²) in [7, 11) is 0. The fourth-order valence-corrected chi connectivity index (χ4v) is 9.64. The first-order valence-electron chi connectivity index (χ1n) is 30.4. The highest BCUT2D eigenvalue weighted by Crippen LogP contribution is 2.18. The van der Waals surface area contributed by atoms with E-state index < -0.39 is 12.1 Å². The van der Waals surface area contributed by atoms with E-state index in [1.807, 2.05) is 0 Å². The van der Waals surface area contributed by atoms with Gasteiger partial charge in [0.25, 0.3) is 0 Å². The van der Waals surface area contributed by atoms with Crippen molar-refractivity contribution in [2.75, 3.05) is 13.2 Å². The second kappa shape index (κ2) is 57.2. The number of hydrogen-bond acceptors (Lipinski definition) is 5. The maximum Gasteiger partial charge on any atom is 0.305 e. The highest BCUT2D eigenvalue weighted by molar-refractivity contribution is 5.76. The second-order valence-corrected chi connectivity index (χ2v) is 21.0. The number of unbranched alkanes of at least 4 members (excludes halogenated alkanes) is 44. The van der Waals surface area contributed by atoms with Gasteiger partial charge in [-0.1, -0.05) is 289 Å². The molecule has 3 N–H and O–H groups in total. The van der Waals surface area contributed by atoms with Crippen molar-refractivity contribution in [2.45, 2.75) is 353 Å². The molecule has 0 aromatic rings. The van der Waals surface area contributed by atoms with E-state index in [2.05, 4.69) is 31.3 Å². The zero-order valence-corrected chi connectivity index (χ0v) is 45.4. The summed E-state index contributed by atoms with van der Waals surface area (Å²) in [5, 5.41) is 23.2. The van der Waals surface area contributed by atoms with Gasteiger partial charge in [0.05, 0.1) is 25.4 Å². The van der Waals surface area contributed by atoms with Crippen molar-refractivity contribution < 1.29 is 24.5 Å². The van der Waals surface area contributed by atoms with Crippen LogP contribution in [0.1, 0.15) is 341 Å². The number of aliphatic hydroxyl groups is 2. The van der Waals surface area contributed by atoms with Crippen molar-refractivity contribution in [3.05, 3.63) is 12.2 Å². The van der Waals surface area contributed by atoms with Crippen LogP contribution in [0.5, 0.6) is 0 Å². The molecule has 6 heteroatoms. The summed E-state index contributed by atoms with van der Waals surface area (Å²) in [6.07, 6.45) is 67.9. The van der Waals surface area contributed by atoms with Crippen LogP contribution in [0.4, 0.5) is 0 Å². The van der Waals surface area contributed by atoms with Crippen LogP contribution in [0.2, 0.25) is 0 Å². The van der Waals surface area contributed by atoms with Crippen LogP contribution >= 0.6 is 0 Å². The molecular weight excluding hydrogens is 827 g/mol. The van der Waals surface area contributed by atoms with E-state index in [4.69, 9.17) is 4.74 Å². The monoisotopic (exact) mass is 946 g/mol. The Morgan fingerprint density at radius 2 is 0.701 bits per heavy atom. The molecule has 0 heterocycles. The van der Waals surface area contributed by atoms with Crippen LogP contribution in [0.3, 0.4) is 0 Å². The SMILES string of the molecule is CCCCCCCCCCCCCCCCCCCC(=O)OCCCCCCCCCCCCC/C=C\CCCCCCCCCC(=O)NC(CO)C(O)CCCCCCCCCCCCC. The number of carbonyl (C=O) groups is 2. The Kier molecular flexibility index (Phi) is 56.0. The maximum absolute atomic E-state index is 12.4. The second-order valence-electron chi connectivity index (χ2n) is 21.0. The average molecular weight is 947 g/mol. The molecule has 398 valence electrons. The lowest BCUT2D eigenvalue weighted by Gasteiger charge is -2.22. The van der Waals surface area contributed by atoms with Gasteiger partial charge in [-0.15, -0.1) is 0 Å². The summed E-state index contributed by atoms with van der Waals surface area (Å²) >= 11 is 0. The van der Waals surface area contributed by atoms with Gasteiger partial charge in [0, 0.05) is 12.8 Å². The number of rotatable bonds is 57. The molecule has 0 aromatic carbocycles. The van der Waals surface area contributed by atoms with Gasteiger partial charge in [-0.2, -0.15) is 0 Å². The minimum atomic E-state index is -0.666. The summed E-state index contributed by atoms with van der Waals surface area (Å²) < 4.78 is 5.49. The Labute approximate surface area is 419 Å². The van der Waals surface area contributed by atoms with Crippen LogP contribution in [0.15, 0.2) is 12.2 Å². The van der Waals surface area contributed by atoms with Crippen molar-refractivity contribution in [3.8, 4) is 0 Å². The van der Waals surface area contributed by atoms with Gasteiger partial charge < -0.3 is 20.3 Å². The third-order valence-corrected chi connectivity index (χ3v) is 14.3. The zero-order chi connectivity index (χ0) is 48.6. The molecule has 0 saturated carbocycles. The molecule has 0 radical (unpaired) electrons. The average Bonchev–Trinajstić information content (AvgIpc) is 3.33. The van der Waals surface area contributed by atoms with Gasteiger partial charge in [-0.25, -0.2) is 0 Å². The maximum atomic E-state index is 12.4. The Morgan fingerprint density at radius 1 is 0.403 bits per heavy atom. The quantitative estimate of drug-likeness (QED) is 0.0321. The summed E-state index contributed by atoms with van der Waals surface area (Å²) in [4.78, 5) is 24.5. The van der Waals surface area contributed by atoms with Crippen LogP contribution in [0, 0.1) is 0 Å². The van der Waals surface area contributed by atoms with Gasteiger partial charge in [0.1, 0.15) is 0 Å². The predicted octanol–water partition coefficient (Wildman–Crippen LogP) is 18.9. The van der Waals surface area contributed by atoms with E-state index in [0.29, 0.717) is 25.9 Å². The number of amides is 1. The largest absolute Gasteiger partial charge is 0.466 e. The zero-order valence-electron chi connectivity index (χ0n) is 45.4. The van der Waals surface area contributed by atoms with Crippen LogP contribution in [-0.2, 0) is 14.3 Å². The first-order chi connectivity index (χ1) is 33.0. The minimum Gasteiger partial charge on any atom is -0.466 e. The van der Waals surface area contributed by atoms with Crippen LogP contribution in [-0.4, -0.2) is 47.4 Å². The van der Waals surface area contributed by atoms with Gasteiger partial charge in [0.15, 0.2) is 0 Å². The first-order valence-corrected chi connectivity index (χ1v) is 30.4. The molecular formula is C61H119NO5. The van der Waals surface area contributed by atoms with E-state index in [1.165, 1.54) is 270 Å². The lowest BCUT2D eigenvalue weighted by atomic mass is 10.0. The Hall–Kier alpha value is -1.40. The summed E-state index contributed by atoms with van der Waals surface area (Å²) in [6, 6.07) is -0.544. The molecule has 1 amide bonds. The number of esters is 1. The lowest BCUT2D eigenvalue weighted by molar-refractivity contribution is -0.143. The van der Waals surface area contributed by atoms with Gasteiger partial charge in [-0.05, 0) is 51.4 Å². The van der Waals surface area contributed by atoms with Crippen LogP contribution in [0.25, 0.3) is 0 Å². The standard InChI is InChI=1S/C61H119NO5/c1-3-5-7-9-11-13-15-16-17-24-28-31-35-39-43-47-51-55-61(66)67-56-52-48-44-40-36-32-29-26-23-21-19-18-20-22-25-27-30-34-38-42-46-50-54-60(65)62-58(57-63)59(64)53-49-45-41-37-33-14-12-10-8-6-4-2/h20,22,58-59,63-64H,3-19,21,23-57H2,1-2H3,(H,62,65)/b22-20-. The summed E-state index contributed by atoms with van der Waals surface area (Å²) in [6.45, 7) is 4.96. The van der Waals surface area contributed by atoms with E-state index in [1.54, 1.807) is 0 Å². The van der Waals surface area contributed by atoms with E-state index in [9.17, 15) is 19.8 Å². The van der Waals surface area contributed by atoms with Gasteiger partial charge in [-0.3, -0.25) is 9.59 Å². The third-order valence-electron chi connectivity index (χ3n) is 14.3. The molecule has 0 bridgehead atoms. The molecule has 0 rings (SSSR count). The van der Waals surface area contributed by atoms with Gasteiger partial charge in [0.2, 0.25) is 5.91 Å². The molecule has 2 unspecified atom stereocenters. The molecule has 0 aromatic heterocycles. The highest BCUT2D eigenvalue weighted by atomic mass is 16.5. The molecule has 0 spiro atoms. The Bertz CT molecular complexity index is 1000. The predicted molar refractivity (Wildman–Crippen MR) is 292 cm³/mol. The summed E-state index contributed by atoms with van der Waals surface area (Å²) in [5.74, 6) is -0.0273. The van der Waals surface area contributed by atoms with E-state index in [-0.39, 0.29) is 18.5 Å². The van der Waals surface area contributed by atoms with E-state index >= 15 is 0 Å². The van der Waals surface area contributed by atoms with Crippen molar-refractivity contribution in [2.24, 2.45) is 0 Å². The van der Waals surface area contributed by atoms with Crippen molar-refractivity contribution in [1.82, 2.24) is 5.32 Å². The molecule has 0 aliphatic heterocycles. The number of ether oxygens (including phenoxy) is 1. The van der Waals surface area contributed by atoms with Crippen molar-refractivity contribution in [1.29, 1.82) is 0 Å².